The third-order valence-electron chi connectivity index (χ3n) is 6.61. The Balaban J connectivity index is 0.000000473. The van der Waals surface area contributed by atoms with E-state index in [0.29, 0.717) is 17.4 Å². The third kappa shape index (κ3) is 12.1. The zero-order valence-electron chi connectivity index (χ0n) is 22.4. The summed E-state index contributed by atoms with van der Waals surface area (Å²) < 4.78 is 26.2. The topological polar surface area (TPSA) is 36.1 Å². The summed E-state index contributed by atoms with van der Waals surface area (Å²) in [6.45, 7) is 16.5. The van der Waals surface area contributed by atoms with E-state index >= 15 is 0 Å². The lowest BCUT2D eigenvalue weighted by Gasteiger charge is -2.37. The van der Waals surface area contributed by atoms with Crippen LogP contribution in [-0.2, 0) is 0 Å². The minimum Gasteiger partial charge on any atom is -0.295 e. The van der Waals surface area contributed by atoms with Gasteiger partial charge in [-0.2, -0.15) is 5.26 Å². The molecule has 1 aromatic carbocycles. The maximum atomic E-state index is 13.1. The smallest absolute Gasteiger partial charge is 0.248 e. The first-order chi connectivity index (χ1) is 15.5. The molecule has 0 radical (unpaired) electrons. The van der Waals surface area contributed by atoms with Crippen LogP contribution < -0.4 is 0 Å². The molecule has 0 spiro atoms. The number of aliphatic imine (C=N–C) groups is 1. The molecule has 4 heteroatoms. The summed E-state index contributed by atoms with van der Waals surface area (Å²) in [4.78, 5) is 3.66. The third-order valence-corrected chi connectivity index (χ3v) is 6.61. The van der Waals surface area contributed by atoms with Crippen molar-refractivity contribution >= 4 is 6.21 Å². The number of halogens is 2. The second-order valence-electron chi connectivity index (χ2n) is 9.27. The van der Waals surface area contributed by atoms with E-state index in [1.165, 1.54) is 35.7 Å². The molecule has 0 aromatic heterocycles. The molecule has 2 saturated carbocycles. The summed E-state index contributed by atoms with van der Waals surface area (Å²) >= 11 is 0. The largest absolute Gasteiger partial charge is 0.295 e. The molecule has 2 nitrogen and oxygen atoms in total. The van der Waals surface area contributed by atoms with Crippen LogP contribution in [-0.4, -0.2) is 19.2 Å². The molecule has 1 aromatic rings. The highest BCUT2D eigenvalue weighted by Gasteiger charge is 2.44. The summed E-state index contributed by atoms with van der Waals surface area (Å²) in [5.74, 6) is -0.0640. The molecule has 0 amide bonds. The van der Waals surface area contributed by atoms with Crippen LogP contribution in [0.3, 0.4) is 0 Å². The fourth-order valence-electron chi connectivity index (χ4n) is 4.34. The van der Waals surface area contributed by atoms with Crippen LogP contribution in [0, 0.1) is 55.8 Å². The first-order valence-corrected chi connectivity index (χ1v) is 12.4. The predicted molar refractivity (Wildman–Crippen MR) is 139 cm³/mol. The van der Waals surface area contributed by atoms with Crippen LogP contribution in [0.4, 0.5) is 8.78 Å². The van der Waals surface area contributed by atoms with Gasteiger partial charge in [0, 0.05) is 26.1 Å². The molecule has 2 fully saturated rings. The fraction of sp³-hybridized carbons (Fsp3) is 0.655. The van der Waals surface area contributed by atoms with E-state index in [9.17, 15) is 8.78 Å². The molecule has 2 aliphatic carbocycles. The van der Waals surface area contributed by atoms with Gasteiger partial charge in [0.1, 0.15) is 6.07 Å². The van der Waals surface area contributed by atoms with Crippen molar-refractivity contribution in [1.29, 1.82) is 5.26 Å². The lowest BCUT2D eigenvalue weighted by molar-refractivity contribution is -0.0746. The van der Waals surface area contributed by atoms with Gasteiger partial charge in [-0.25, -0.2) is 8.78 Å². The minimum atomic E-state index is -2.38. The van der Waals surface area contributed by atoms with E-state index in [0.717, 1.165) is 12.3 Å². The van der Waals surface area contributed by atoms with Gasteiger partial charge >= 0.3 is 0 Å². The van der Waals surface area contributed by atoms with Crippen molar-refractivity contribution < 1.29 is 8.78 Å². The molecule has 33 heavy (non-hydrogen) atoms. The highest BCUT2D eigenvalue weighted by atomic mass is 19.3. The standard InChI is InChI=1S/C12H20F2.C9H12.C6H8N2.C2H6/c1-8-7-12(13,14)6-5-11(8)9(2)10-3-4-10;1-7-4-5-8(2)9(3)6-7;1-3-6(4-7)5-8-2;1-2/h8-11H,3-7H2,1-2H3;4-6H,1-3H3;3,5H,1-2H3;1-2H3/b;;6-3-,8-5?;/t8-,9?,11?;;;/m0.../s1. The molecular formula is C29H46F2N2. The van der Waals surface area contributed by atoms with Gasteiger partial charge in [0.25, 0.3) is 0 Å². The fourth-order valence-corrected chi connectivity index (χ4v) is 4.34. The summed E-state index contributed by atoms with van der Waals surface area (Å²) in [6, 6.07) is 8.47. The van der Waals surface area contributed by atoms with Crippen LogP contribution in [0.2, 0.25) is 0 Å². The molecule has 0 saturated heterocycles. The number of hydrogen-bond donors (Lipinski definition) is 0. The highest BCUT2D eigenvalue weighted by molar-refractivity contribution is 5.83. The van der Waals surface area contributed by atoms with Crippen molar-refractivity contribution in [2.24, 2.45) is 28.7 Å². The number of aryl methyl sites for hydroxylation is 3. The second kappa shape index (κ2) is 15.8. The molecule has 0 N–H and O–H groups in total. The quantitative estimate of drug-likeness (QED) is 0.327. The number of benzene rings is 1. The molecule has 186 valence electrons. The molecule has 0 aliphatic heterocycles. The van der Waals surface area contributed by atoms with Gasteiger partial charge in [0.15, 0.2) is 0 Å². The number of nitrogens with zero attached hydrogens (tertiary/aromatic N) is 2. The van der Waals surface area contributed by atoms with Crippen molar-refractivity contribution in [1.82, 2.24) is 0 Å². The maximum absolute atomic E-state index is 13.1. The number of nitriles is 1. The van der Waals surface area contributed by atoms with Crippen molar-refractivity contribution in [3.63, 3.8) is 0 Å². The lowest BCUT2D eigenvalue weighted by Crippen LogP contribution is -2.34. The highest BCUT2D eigenvalue weighted by Crippen LogP contribution is 2.49. The van der Waals surface area contributed by atoms with E-state index in [4.69, 9.17) is 5.26 Å². The van der Waals surface area contributed by atoms with E-state index < -0.39 is 5.92 Å². The molecule has 0 bridgehead atoms. The Morgan fingerprint density at radius 1 is 1.15 bits per heavy atom. The Labute approximate surface area is 202 Å². The molecular weight excluding hydrogens is 414 g/mol. The van der Waals surface area contributed by atoms with Gasteiger partial charge in [-0.3, -0.25) is 4.99 Å². The van der Waals surface area contributed by atoms with Crippen LogP contribution in [0.15, 0.2) is 34.8 Å². The number of alkyl halides is 2. The SMILES string of the molecule is C/C=C(/C#N)C=NC.CC.CC(C1CC1)C1CCC(F)(F)C[C@@H]1C.Cc1ccc(C)c(C)c1. The molecule has 2 unspecified atom stereocenters. The molecule has 0 heterocycles. The van der Waals surface area contributed by atoms with Gasteiger partial charge in [-0.05, 0) is 81.8 Å². The molecule has 3 atom stereocenters. The zero-order valence-corrected chi connectivity index (χ0v) is 22.4. The summed E-state index contributed by atoms with van der Waals surface area (Å²) in [5, 5.41) is 8.25. The summed E-state index contributed by atoms with van der Waals surface area (Å²) in [6.07, 6.45) is 6.90. The van der Waals surface area contributed by atoms with Crippen LogP contribution in [0.25, 0.3) is 0 Å². The van der Waals surface area contributed by atoms with Crippen LogP contribution in [0.1, 0.15) is 83.4 Å². The summed E-state index contributed by atoms with van der Waals surface area (Å²) in [7, 11) is 1.64. The monoisotopic (exact) mass is 460 g/mol. The van der Waals surface area contributed by atoms with E-state index in [-0.39, 0.29) is 18.8 Å². The van der Waals surface area contributed by atoms with Gasteiger partial charge in [-0.1, -0.05) is 57.5 Å². The number of allylic oxidation sites excluding steroid dienone is 2. The van der Waals surface area contributed by atoms with Gasteiger partial charge < -0.3 is 0 Å². The van der Waals surface area contributed by atoms with E-state index in [2.05, 4.69) is 50.9 Å². The average Bonchev–Trinajstić information content (AvgIpc) is 3.62. The first-order valence-electron chi connectivity index (χ1n) is 12.4. The molecule has 3 rings (SSSR count). The van der Waals surface area contributed by atoms with Crippen molar-refractivity contribution in [3.8, 4) is 6.07 Å². The number of hydrogen-bond acceptors (Lipinski definition) is 2. The number of rotatable bonds is 3. The Hall–Kier alpha value is -2.02. The Kier molecular flexibility index (Phi) is 14.8. The van der Waals surface area contributed by atoms with Crippen LogP contribution >= 0.6 is 0 Å². The van der Waals surface area contributed by atoms with E-state index in [1.807, 2.05) is 26.8 Å². The zero-order chi connectivity index (χ0) is 25.6. The average molecular weight is 461 g/mol. The van der Waals surface area contributed by atoms with Crippen molar-refractivity contribution in [2.75, 3.05) is 7.05 Å². The second-order valence-corrected chi connectivity index (χ2v) is 9.27. The van der Waals surface area contributed by atoms with Gasteiger partial charge in [0.2, 0.25) is 5.92 Å². The van der Waals surface area contributed by atoms with Crippen molar-refractivity contribution in [2.45, 2.75) is 93.4 Å². The Bertz CT molecular complexity index is 785. The van der Waals surface area contributed by atoms with E-state index in [1.54, 1.807) is 20.0 Å². The Morgan fingerprint density at radius 3 is 2.12 bits per heavy atom. The van der Waals surface area contributed by atoms with Crippen LogP contribution in [0.5, 0.6) is 0 Å². The lowest BCUT2D eigenvalue weighted by atomic mass is 9.71. The van der Waals surface area contributed by atoms with Crippen molar-refractivity contribution in [3.05, 3.63) is 46.5 Å². The minimum absolute atomic E-state index is 0.120. The first kappa shape index (κ1) is 31.0. The summed E-state index contributed by atoms with van der Waals surface area (Å²) in [5.41, 5.74) is 4.71. The van der Waals surface area contributed by atoms with Gasteiger partial charge in [0.05, 0.1) is 5.57 Å². The predicted octanol–water partition coefficient (Wildman–Crippen LogP) is 8.90. The maximum Gasteiger partial charge on any atom is 0.248 e. The van der Waals surface area contributed by atoms with Gasteiger partial charge in [-0.15, -0.1) is 0 Å². The molecule has 2 aliphatic rings. The Morgan fingerprint density at radius 2 is 1.76 bits per heavy atom. The normalized spacial score (nSPS) is 22.4.